The van der Waals surface area contributed by atoms with Crippen LogP contribution >= 0.6 is 23.2 Å². The minimum atomic E-state index is -0.170. The Morgan fingerprint density at radius 2 is 1.77 bits per heavy atom. The second-order valence-corrected chi connectivity index (χ2v) is 5.90. The van der Waals surface area contributed by atoms with E-state index in [1.54, 1.807) is 18.2 Å². The zero-order valence-corrected chi connectivity index (χ0v) is 13.9. The largest absolute Gasteiger partial charge is 0.379 e. The number of nitrogens with zero attached hydrogens (tertiary/aromatic N) is 1. The number of hydrogen-bond donors (Lipinski definition) is 2. The lowest BCUT2D eigenvalue weighted by Crippen LogP contribution is -2.44. The van der Waals surface area contributed by atoms with E-state index in [0.29, 0.717) is 29.6 Å². The molecule has 0 aromatic heterocycles. The Kier molecular flexibility index (Phi) is 7.25. The molecule has 1 aliphatic rings. The van der Waals surface area contributed by atoms with E-state index in [-0.39, 0.29) is 6.03 Å². The third-order valence-electron chi connectivity index (χ3n) is 3.54. The molecule has 0 spiro atoms. The summed E-state index contributed by atoms with van der Waals surface area (Å²) in [5, 5.41) is 6.91. The van der Waals surface area contributed by atoms with Crippen LogP contribution in [-0.2, 0) is 11.2 Å². The molecule has 0 radical (unpaired) electrons. The van der Waals surface area contributed by atoms with E-state index in [1.807, 2.05) is 0 Å². The highest BCUT2D eigenvalue weighted by Crippen LogP contribution is 2.24. The molecule has 1 heterocycles. The number of rotatable bonds is 6. The van der Waals surface area contributed by atoms with Crippen molar-refractivity contribution >= 4 is 29.2 Å². The third-order valence-corrected chi connectivity index (χ3v) is 4.25. The molecule has 0 saturated carbocycles. The molecule has 0 atom stereocenters. The molecule has 1 saturated heterocycles. The van der Waals surface area contributed by atoms with Gasteiger partial charge in [-0.1, -0.05) is 29.3 Å². The molecule has 2 N–H and O–H groups in total. The first kappa shape index (κ1) is 17.3. The van der Waals surface area contributed by atoms with Crippen molar-refractivity contribution in [3.63, 3.8) is 0 Å². The van der Waals surface area contributed by atoms with E-state index >= 15 is 0 Å². The molecule has 5 nitrogen and oxygen atoms in total. The van der Waals surface area contributed by atoms with E-state index in [9.17, 15) is 4.79 Å². The zero-order valence-electron chi connectivity index (χ0n) is 12.4. The number of nitrogens with one attached hydrogen (secondary N) is 2. The monoisotopic (exact) mass is 345 g/mol. The molecule has 1 aromatic rings. The Morgan fingerprint density at radius 1 is 1.14 bits per heavy atom. The van der Waals surface area contributed by atoms with E-state index in [2.05, 4.69) is 15.5 Å². The molecule has 2 amide bonds. The smallest absolute Gasteiger partial charge is 0.314 e. The predicted molar refractivity (Wildman–Crippen MR) is 88.8 cm³/mol. The van der Waals surface area contributed by atoms with Gasteiger partial charge in [-0.3, -0.25) is 4.90 Å². The normalized spacial score (nSPS) is 15.5. The summed E-state index contributed by atoms with van der Waals surface area (Å²) in [6.07, 6.45) is 0.607. The van der Waals surface area contributed by atoms with Gasteiger partial charge in [0.15, 0.2) is 0 Å². The first-order chi connectivity index (χ1) is 10.7. The Bertz CT molecular complexity index is 473. The maximum Gasteiger partial charge on any atom is 0.314 e. The summed E-state index contributed by atoms with van der Waals surface area (Å²) in [5.41, 5.74) is 0.861. The number of carbonyl (C=O) groups is 1. The molecule has 22 heavy (non-hydrogen) atoms. The van der Waals surface area contributed by atoms with Crippen LogP contribution in [0.4, 0.5) is 4.79 Å². The van der Waals surface area contributed by atoms with Gasteiger partial charge in [-0.05, 0) is 24.1 Å². The maximum atomic E-state index is 11.7. The van der Waals surface area contributed by atoms with Crippen molar-refractivity contribution in [1.82, 2.24) is 15.5 Å². The molecule has 0 aliphatic carbocycles. The third kappa shape index (κ3) is 5.65. The Balaban J connectivity index is 1.61. The van der Waals surface area contributed by atoms with Crippen LogP contribution in [0.25, 0.3) is 0 Å². The second kappa shape index (κ2) is 9.20. The van der Waals surface area contributed by atoms with Gasteiger partial charge in [-0.25, -0.2) is 4.79 Å². The van der Waals surface area contributed by atoms with Crippen molar-refractivity contribution in [3.8, 4) is 0 Å². The maximum absolute atomic E-state index is 11.7. The van der Waals surface area contributed by atoms with Crippen molar-refractivity contribution in [3.05, 3.63) is 33.8 Å². The molecule has 1 fully saturated rings. The zero-order chi connectivity index (χ0) is 15.8. The fourth-order valence-electron chi connectivity index (χ4n) is 2.29. The fourth-order valence-corrected chi connectivity index (χ4v) is 2.87. The highest BCUT2D eigenvalue weighted by Gasteiger charge is 2.10. The van der Waals surface area contributed by atoms with Crippen molar-refractivity contribution in [2.24, 2.45) is 0 Å². The lowest BCUT2D eigenvalue weighted by Gasteiger charge is -2.26. The van der Waals surface area contributed by atoms with Crippen LogP contribution in [0.15, 0.2) is 18.2 Å². The molecule has 0 bridgehead atoms. The van der Waals surface area contributed by atoms with Gasteiger partial charge in [0.05, 0.1) is 13.2 Å². The Labute approximate surface area is 140 Å². The Hall–Kier alpha value is -1.01. The lowest BCUT2D eigenvalue weighted by molar-refractivity contribution is 0.0387. The average Bonchev–Trinajstić information content (AvgIpc) is 2.51. The van der Waals surface area contributed by atoms with Gasteiger partial charge >= 0.3 is 6.03 Å². The molecular formula is C15H21Cl2N3O2. The summed E-state index contributed by atoms with van der Waals surface area (Å²) in [6, 6.07) is 5.23. The predicted octanol–water partition coefficient (Wildman–Crippen LogP) is 2.17. The molecule has 0 unspecified atom stereocenters. The first-order valence-corrected chi connectivity index (χ1v) is 8.17. The number of benzene rings is 1. The fraction of sp³-hybridized carbons (Fsp3) is 0.533. The minimum absolute atomic E-state index is 0.170. The first-order valence-electron chi connectivity index (χ1n) is 7.41. The van der Waals surface area contributed by atoms with Gasteiger partial charge in [0.1, 0.15) is 0 Å². The number of morpholine rings is 1. The highest BCUT2D eigenvalue weighted by atomic mass is 35.5. The van der Waals surface area contributed by atoms with E-state index in [4.69, 9.17) is 27.9 Å². The van der Waals surface area contributed by atoms with Crippen LogP contribution in [0.1, 0.15) is 5.56 Å². The average molecular weight is 346 g/mol. The summed E-state index contributed by atoms with van der Waals surface area (Å²) in [5.74, 6) is 0. The summed E-state index contributed by atoms with van der Waals surface area (Å²) in [6.45, 7) is 5.34. The van der Waals surface area contributed by atoms with Gasteiger partial charge in [-0.15, -0.1) is 0 Å². The molecular weight excluding hydrogens is 325 g/mol. The highest BCUT2D eigenvalue weighted by molar-refractivity contribution is 6.35. The van der Waals surface area contributed by atoms with E-state index < -0.39 is 0 Å². The molecule has 1 aliphatic heterocycles. The van der Waals surface area contributed by atoms with Gasteiger partial charge in [0.25, 0.3) is 0 Å². The summed E-state index contributed by atoms with van der Waals surface area (Å²) in [4.78, 5) is 14.0. The van der Waals surface area contributed by atoms with Crippen LogP contribution in [0.5, 0.6) is 0 Å². The molecule has 122 valence electrons. The lowest BCUT2D eigenvalue weighted by atomic mass is 10.1. The van der Waals surface area contributed by atoms with E-state index in [0.717, 1.165) is 38.4 Å². The topological polar surface area (TPSA) is 53.6 Å². The number of amides is 2. The second-order valence-electron chi connectivity index (χ2n) is 5.09. The van der Waals surface area contributed by atoms with Crippen LogP contribution in [0.2, 0.25) is 10.0 Å². The van der Waals surface area contributed by atoms with Crippen molar-refractivity contribution < 1.29 is 9.53 Å². The van der Waals surface area contributed by atoms with Crippen molar-refractivity contribution in [2.75, 3.05) is 45.9 Å². The van der Waals surface area contributed by atoms with Gasteiger partial charge < -0.3 is 15.4 Å². The minimum Gasteiger partial charge on any atom is -0.379 e. The number of carbonyl (C=O) groups excluding carboxylic acids is 1. The summed E-state index contributed by atoms with van der Waals surface area (Å²) in [7, 11) is 0. The van der Waals surface area contributed by atoms with Crippen molar-refractivity contribution in [2.45, 2.75) is 6.42 Å². The van der Waals surface area contributed by atoms with Crippen LogP contribution < -0.4 is 10.6 Å². The van der Waals surface area contributed by atoms with Crippen LogP contribution in [0.3, 0.4) is 0 Å². The van der Waals surface area contributed by atoms with Gasteiger partial charge in [0, 0.05) is 42.8 Å². The standard InChI is InChI=1S/C15H21Cl2N3O2/c16-13-2-1-3-14(17)12(13)4-5-18-15(21)19-6-7-20-8-10-22-11-9-20/h1-3H,4-11H2,(H2,18,19,21). The molecule has 1 aromatic carbocycles. The molecule has 7 heteroatoms. The van der Waals surface area contributed by atoms with Crippen molar-refractivity contribution in [1.29, 1.82) is 0 Å². The number of urea groups is 1. The molecule has 2 rings (SSSR count). The van der Waals surface area contributed by atoms with Crippen LogP contribution in [-0.4, -0.2) is 56.9 Å². The number of halogens is 2. The van der Waals surface area contributed by atoms with Gasteiger partial charge in [-0.2, -0.15) is 0 Å². The summed E-state index contributed by atoms with van der Waals surface area (Å²) < 4.78 is 5.28. The number of ether oxygens (including phenoxy) is 1. The number of hydrogen-bond acceptors (Lipinski definition) is 3. The summed E-state index contributed by atoms with van der Waals surface area (Å²) >= 11 is 12.2. The van der Waals surface area contributed by atoms with Gasteiger partial charge in [0.2, 0.25) is 0 Å². The quantitative estimate of drug-likeness (QED) is 0.830. The van der Waals surface area contributed by atoms with E-state index in [1.165, 1.54) is 0 Å². The van der Waals surface area contributed by atoms with Crippen LogP contribution in [0, 0.1) is 0 Å². The SMILES string of the molecule is O=C(NCCc1c(Cl)cccc1Cl)NCCN1CCOCC1. The Morgan fingerprint density at radius 3 is 2.45 bits per heavy atom.